The Bertz CT molecular complexity index is 367. The molecule has 1 aromatic rings. The van der Waals surface area contributed by atoms with Crippen LogP contribution in [0.1, 0.15) is 0 Å². The van der Waals surface area contributed by atoms with Crippen LogP contribution in [0, 0.1) is 5.82 Å². The molecule has 0 aliphatic carbocycles. The van der Waals surface area contributed by atoms with Crippen LogP contribution in [0.4, 0.5) is 10.1 Å². The molecule has 0 unspecified atom stereocenters. The first kappa shape index (κ1) is 12.6. The molecule has 1 saturated heterocycles. The van der Waals surface area contributed by atoms with Gasteiger partial charge in [0, 0.05) is 45.0 Å². The minimum atomic E-state index is -0.376. The summed E-state index contributed by atoms with van der Waals surface area (Å²) in [4.78, 5) is 2.40. The fourth-order valence-corrected chi connectivity index (χ4v) is 2.08. The highest BCUT2D eigenvalue weighted by molar-refractivity contribution is 6.31. The van der Waals surface area contributed by atoms with E-state index in [1.54, 1.807) is 12.1 Å². The quantitative estimate of drug-likeness (QED) is 0.861. The van der Waals surface area contributed by atoms with Gasteiger partial charge in [0.25, 0.3) is 0 Å². The van der Waals surface area contributed by atoms with E-state index in [9.17, 15) is 4.39 Å². The monoisotopic (exact) mass is 257 g/mol. The molecule has 2 rings (SSSR count). The molecule has 94 valence electrons. The fourth-order valence-electron chi connectivity index (χ4n) is 1.90. The van der Waals surface area contributed by atoms with Gasteiger partial charge < -0.3 is 10.6 Å². The largest absolute Gasteiger partial charge is 0.384 e. The molecular formula is C12H17ClFN3. The number of hydrogen-bond acceptors (Lipinski definition) is 3. The maximum Gasteiger partial charge on any atom is 0.141 e. The van der Waals surface area contributed by atoms with Gasteiger partial charge in [-0.3, -0.25) is 4.90 Å². The van der Waals surface area contributed by atoms with E-state index in [-0.39, 0.29) is 10.8 Å². The second-order valence-electron chi connectivity index (χ2n) is 4.15. The van der Waals surface area contributed by atoms with E-state index < -0.39 is 0 Å². The van der Waals surface area contributed by atoms with Crippen molar-refractivity contribution >= 4 is 17.3 Å². The summed E-state index contributed by atoms with van der Waals surface area (Å²) < 4.78 is 12.9. The first-order chi connectivity index (χ1) is 8.25. The first-order valence-corrected chi connectivity index (χ1v) is 6.25. The Morgan fingerprint density at radius 3 is 2.82 bits per heavy atom. The van der Waals surface area contributed by atoms with Crippen molar-refractivity contribution < 1.29 is 4.39 Å². The average Bonchev–Trinajstić information content (AvgIpc) is 2.35. The standard InChI is InChI=1S/C12H17ClFN3/c13-11-9-10(1-2-12(11)14)16-5-8-17-6-3-15-4-7-17/h1-2,9,15-16H,3-8H2. The van der Waals surface area contributed by atoms with Gasteiger partial charge in [-0.25, -0.2) is 4.39 Å². The number of nitrogens with one attached hydrogen (secondary N) is 2. The van der Waals surface area contributed by atoms with Crippen LogP contribution in [-0.2, 0) is 0 Å². The summed E-state index contributed by atoms with van der Waals surface area (Å²) in [6, 6.07) is 4.71. The number of benzene rings is 1. The normalized spacial score (nSPS) is 17.1. The predicted molar refractivity (Wildman–Crippen MR) is 69.2 cm³/mol. The molecule has 0 amide bonds. The Labute approximate surface area is 106 Å². The molecule has 1 aromatic carbocycles. The lowest BCUT2D eigenvalue weighted by molar-refractivity contribution is 0.249. The second-order valence-corrected chi connectivity index (χ2v) is 4.55. The topological polar surface area (TPSA) is 27.3 Å². The Kier molecular flexibility index (Phi) is 4.59. The number of rotatable bonds is 4. The highest BCUT2D eigenvalue weighted by atomic mass is 35.5. The summed E-state index contributed by atoms with van der Waals surface area (Å²) in [5.74, 6) is -0.376. The van der Waals surface area contributed by atoms with Crippen molar-refractivity contribution in [3.63, 3.8) is 0 Å². The van der Waals surface area contributed by atoms with E-state index in [4.69, 9.17) is 11.6 Å². The number of anilines is 1. The minimum Gasteiger partial charge on any atom is -0.384 e. The molecule has 2 N–H and O–H groups in total. The number of halogens is 2. The van der Waals surface area contributed by atoms with Gasteiger partial charge in [0.05, 0.1) is 5.02 Å². The maximum absolute atomic E-state index is 12.9. The van der Waals surface area contributed by atoms with Gasteiger partial charge in [0.1, 0.15) is 5.82 Å². The van der Waals surface area contributed by atoms with Crippen molar-refractivity contribution in [3.8, 4) is 0 Å². The molecule has 1 heterocycles. The predicted octanol–water partition coefficient (Wildman–Crippen LogP) is 1.80. The third kappa shape index (κ3) is 3.84. The van der Waals surface area contributed by atoms with E-state index in [0.29, 0.717) is 0 Å². The summed E-state index contributed by atoms with van der Waals surface area (Å²) in [6.45, 7) is 6.14. The molecular weight excluding hydrogens is 241 g/mol. The molecule has 1 aliphatic rings. The molecule has 5 heteroatoms. The Balaban J connectivity index is 1.75. The highest BCUT2D eigenvalue weighted by Crippen LogP contribution is 2.18. The van der Waals surface area contributed by atoms with Gasteiger partial charge >= 0.3 is 0 Å². The number of nitrogens with zero attached hydrogens (tertiary/aromatic N) is 1. The maximum atomic E-state index is 12.9. The smallest absolute Gasteiger partial charge is 0.141 e. The van der Waals surface area contributed by atoms with Crippen molar-refractivity contribution in [2.24, 2.45) is 0 Å². The SMILES string of the molecule is Fc1ccc(NCCN2CCNCC2)cc1Cl. The summed E-state index contributed by atoms with van der Waals surface area (Å²) in [5.41, 5.74) is 0.867. The van der Waals surface area contributed by atoms with Gasteiger partial charge in [-0.15, -0.1) is 0 Å². The molecule has 1 fully saturated rings. The molecule has 0 atom stereocenters. The van der Waals surface area contributed by atoms with E-state index in [1.807, 2.05) is 0 Å². The van der Waals surface area contributed by atoms with E-state index in [2.05, 4.69) is 15.5 Å². The molecule has 0 aromatic heterocycles. The Morgan fingerprint density at radius 1 is 1.35 bits per heavy atom. The molecule has 0 radical (unpaired) electrons. The zero-order valence-corrected chi connectivity index (χ0v) is 10.4. The lowest BCUT2D eigenvalue weighted by Crippen LogP contribution is -2.45. The third-order valence-corrected chi connectivity index (χ3v) is 3.18. The summed E-state index contributed by atoms with van der Waals surface area (Å²) in [5, 5.41) is 6.73. The lowest BCUT2D eigenvalue weighted by Gasteiger charge is -2.27. The van der Waals surface area contributed by atoms with Crippen LogP contribution in [-0.4, -0.2) is 44.2 Å². The number of piperazine rings is 1. The van der Waals surface area contributed by atoms with Crippen molar-refractivity contribution in [1.29, 1.82) is 0 Å². The second kappa shape index (κ2) is 6.19. The van der Waals surface area contributed by atoms with Crippen molar-refractivity contribution in [3.05, 3.63) is 29.0 Å². The highest BCUT2D eigenvalue weighted by Gasteiger charge is 2.08. The first-order valence-electron chi connectivity index (χ1n) is 5.88. The summed E-state index contributed by atoms with van der Waals surface area (Å²) in [6.07, 6.45) is 0. The van der Waals surface area contributed by atoms with Crippen LogP contribution in [0.3, 0.4) is 0 Å². The average molecular weight is 258 g/mol. The minimum absolute atomic E-state index is 0.164. The van der Waals surface area contributed by atoms with Crippen LogP contribution in [0.25, 0.3) is 0 Å². The van der Waals surface area contributed by atoms with Gasteiger partial charge in [-0.2, -0.15) is 0 Å². The van der Waals surface area contributed by atoms with Gasteiger partial charge in [-0.05, 0) is 18.2 Å². The summed E-state index contributed by atoms with van der Waals surface area (Å²) >= 11 is 5.71. The third-order valence-electron chi connectivity index (χ3n) is 2.89. The Morgan fingerprint density at radius 2 is 2.12 bits per heavy atom. The van der Waals surface area contributed by atoms with E-state index in [0.717, 1.165) is 45.0 Å². The van der Waals surface area contributed by atoms with E-state index in [1.165, 1.54) is 6.07 Å². The van der Waals surface area contributed by atoms with Crippen LogP contribution in [0.15, 0.2) is 18.2 Å². The lowest BCUT2D eigenvalue weighted by atomic mass is 10.3. The molecule has 1 aliphatic heterocycles. The molecule has 3 nitrogen and oxygen atoms in total. The summed E-state index contributed by atoms with van der Waals surface area (Å²) in [7, 11) is 0. The molecule has 0 saturated carbocycles. The fraction of sp³-hybridized carbons (Fsp3) is 0.500. The van der Waals surface area contributed by atoms with Crippen molar-refractivity contribution in [2.45, 2.75) is 0 Å². The molecule has 0 spiro atoms. The van der Waals surface area contributed by atoms with Crippen LogP contribution in [0.2, 0.25) is 5.02 Å². The Hall–Kier alpha value is -0.840. The van der Waals surface area contributed by atoms with E-state index >= 15 is 0 Å². The number of hydrogen-bond donors (Lipinski definition) is 2. The van der Waals surface area contributed by atoms with Crippen molar-refractivity contribution in [1.82, 2.24) is 10.2 Å². The molecule has 0 bridgehead atoms. The van der Waals surface area contributed by atoms with Crippen LogP contribution in [0.5, 0.6) is 0 Å². The van der Waals surface area contributed by atoms with Crippen LogP contribution < -0.4 is 10.6 Å². The zero-order valence-electron chi connectivity index (χ0n) is 9.68. The zero-order chi connectivity index (χ0) is 12.1. The van der Waals surface area contributed by atoms with Crippen molar-refractivity contribution in [2.75, 3.05) is 44.6 Å². The van der Waals surface area contributed by atoms with Gasteiger partial charge in [0.2, 0.25) is 0 Å². The molecule has 17 heavy (non-hydrogen) atoms. The van der Waals surface area contributed by atoms with Gasteiger partial charge in [0.15, 0.2) is 0 Å². The van der Waals surface area contributed by atoms with Gasteiger partial charge in [-0.1, -0.05) is 11.6 Å². The van der Waals surface area contributed by atoms with Crippen LogP contribution >= 0.6 is 11.6 Å².